The Labute approximate surface area is 143 Å². The first-order chi connectivity index (χ1) is 11.1. The Bertz CT molecular complexity index is 754. The van der Waals surface area contributed by atoms with Gasteiger partial charge in [-0.2, -0.15) is 0 Å². The average molecular weight is 350 g/mol. The monoisotopic (exact) mass is 349 g/mol. The molecule has 0 aliphatic carbocycles. The van der Waals surface area contributed by atoms with Crippen LogP contribution in [0.4, 0.5) is 0 Å². The summed E-state index contributed by atoms with van der Waals surface area (Å²) in [6, 6.07) is 10.7. The smallest absolute Gasteiger partial charge is 0.244 e. The van der Waals surface area contributed by atoms with Crippen LogP contribution in [0.1, 0.15) is 11.1 Å². The number of benzene rings is 2. The summed E-state index contributed by atoms with van der Waals surface area (Å²) in [7, 11) is 0. The van der Waals surface area contributed by atoms with E-state index < -0.39 is 0 Å². The fourth-order valence-electron chi connectivity index (χ4n) is 2.13. The molecule has 3 rings (SSSR count). The number of carbonyl (C=O) groups is 1. The van der Waals surface area contributed by atoms with E-state index in [1.54, 1.807) is 24.3 Å². The second-order valence-electron chi connectivity index (χ2n) is 4.87. The van der Waals surface area contributed by atoms with Crippen molar-refractivity contribution in [3.8, 4) is 11.5 Å². The number of carbonyl (C=O) groups excluding carboxylic acids is 1. The van der Waals surface area contributed by atoms with Crippen LogP contribution in [-0.2, 0) is 11.3 Å². The molecule has 1 N–H and O–H groups in total. The lowest BCUT2D eigenvalue weighted by Crippen LogP contribution is -2.20. The minimum Gasteiger partial charge on any atom is -0.454 e. The van der Waals surface area contributed by atoms with Crippen molar-refractivity contribution in [3.63, 3.8) is 0 Å². The lowest BCUT2D eigenvalue weighted by molar-refractivity contribution is -0.116. The topological polar surface area (TPSA) is 47.6 Å². The highest BCUT2D eigenvalue weighted by Crippen LogP contribution is 2.32. The molecule has 0 saturated heterocycles. The molecule has 1 aliphatic rings. The quantitative estimate of drug-likeness (QED) is 0.847. The molecular formula is C17H13Cl2NO3. The van der Waals surface area contributed by atoms with E-state index in [0.717, 1.165) is 5.56 Å². The molecular weight excluding hydrogens is 337 g/mol. The largest absolute Gasteiger partial charge is 0.454 e. The molecule has 0 fully saturated rings. The Morgan fingerprint density at radius 2 is 1.87 bits per heavy atom. The molecule has 2 aromatic rings. The van der Waals surface area contributed by atoms with Crippen molar-refractivity contribution >= 4 is 35.2 Å². The minimum absolute atomic E-state index is 0.229. The highest BCUT2D eigenvalue weighted by Gasteiger charge is 2.13. The summed E-state index contributed by atoms with van der Waals surface area (Å²) in [6.45, 7) is 0.614. The molecule has 1 heterocycles. The molecule has 4 nitrogen and oxygen atoms in total. The normalized spacial score (nSPS) is 12.6. The van der Waals surface area contributed by atoms with E-state index in [4.69, 9.17) is 32.7 Å². The van der Waals surface area contributed by atoms with Gasteiger partial charge < -0.3 is 14.8 Å². The average Bonchev–Trinajstić information content (AvgIpc) is 3.00. The predicted molar refractivity (Wildman–Crippen MR) is 89.9 cm³/mol. The van der Waals surface area contributed by atoms with E-state index in [9.17, 15) is 4.79 Å². The van der Waals surface area contributed by atoms with E-state index in [0.29, 0.717) is 33.7 Å². The molecule has 0 aromatic heterocycles. The van der Waals surface area contributed by atoms with Gasteiger partial charge >= 0.3 is 0 Å². The molecule has 0 unspecified atom stereocenters. The van der Waals surface area contributed by atoms with E-state index in [2.05, 4.69) is 5.32 Å². The van der Waals surface area contributed by atoms with Crippen LogP contribution in [0.3, 0.4) is 0 Å². The maximum absolute atomic E-state index is 11.9. The van der Waals surface area contributed by atoms with Crippen LogP contribution >= 0.6 is 23.2 Å². The third kappa shape index (κ3) is 3.78. The van der Waals surface area contributed by atoms with Crippen LogP contribution in [0, 0.1) is 0 Å². The standard InChI is InChI=1S/C17H13Cl2NO3/c18-13-2-1-3-14(19)12(13)5-7-17(21)20-9-11-4-6-15-16(8-11)23-10-22-15/h1-8H,9-10H2,(H,20,21). The van der Waals surface area contributed by atoms with Crippen molar-refractivity contribution in [1.82, 2.24) is 5.32 Å². The molecule has 0 spiro atoms. The van der Waals surface area contributed by atoms with Crippen molar-refractivity contribution < 1.29 is 14.3 Å². The molecule has 0 radical (unpaired) electrons. The number of fused-ring (bicyclic) bond motifs is 1. The van der Waals surface area contributed by atoms with Gasteiger partial charge in [0.25, 0.3) is 0 Å². The van der Waals surface area contributed by atoms with Gasteiger partial charge in [-0.15, -0.1) is 0 Å². The molecule has 118 valence electrons. The summed E-state index contributed by atoms with van der Waals surface area (Å²) in [5.41, 5.74) is 1.54. The van der Waals surface area contributed by atoms with Crippen LogP contribution in [0.5, 0.6) is 11.5 Å². The van der Waals surface area contributed by atoms with Crippen molar-refractivity contribution in [2.45, 2.75) is 6.54 Å². The fourth-order valence-corrected chi connectivity index (χ4v) is 2.65. The third-order valence-electron chi connectivity index (χ3n) is 3.30. The van der Waals surface area contributed by atoms with Gasteiger partial charge in [0.15, 0.2) is 11.5 Å². The van der Waals surface area contributed by atoms with E-state index >= 15 is 0 Å². The fraction of sp³-hybridized carbons (Fsp3) is 0.118. The zero-order valence-corrected chi connectivity index (χ0v) is 13.5. The van der Waals surface area contributed by atoms with Crippen molar-refractivity contribution in [2.75, 3.05) is 6.79 Å². The maximum atomic E-state index is 11.9. The first-order valence-electron chi connectivity index (χ1n) is 6.92. The lowest BCUT2D eigenvalue weighted by atomic mass is 10.2. The van der Waals surface area contributed by atoms with Gasteiger partial charge in [0.05, 0.1) is 0 Å². The van der Waals surface area contributed by atoms with Crippen LogP contribution in [0.15, 0.2) is 42.5 Å². The van der Waals surface area contributed by atoms with Gasteiger partial charge in [0.2, 0.25) is 12.7 Å². The summed E-state index contributed by atoms with van der Waals surface area (Å²) in [6.07, 6.45) is 3.00. The summed E-state index contributed by atoms with van der Waals surface area (Å²) in [5, 5.41) is 3.79. The van der Waals surface area contributed by atoms with E-state index in [1.807, 2.05) is 18.2 Å². The maximum Gasteiger partial charge on any atom is 0.244 e. The first-order valence-corrected chi connectivity index (χ1v) is 7.67. The number of rotatable bonds is 4. The molecule has 0 saturated carbocycles. The van der Waals surface area contributed by atoms with Crippen LogP contribution < -0.4 is 14.8 Å². The van der Waals surface area contributed by atoms with Gasteiger partial charge in [-0.1, -0.05) is 35.3 Å². The number of amides is 1. The zero-order chi connectivity index (χ0) is 16.2. The lowest BCUT2D eigenvalue weighted by Gasteiger charge is -2.04. The molecule has 0 bridgehead atoms. The van der Waals surface area contributed by atoms with Gasteiger partial charge in [0.1, 0.15) is 0 Å². The molecule has 1 aliphatic heterocycles. The van der Waals surface area contributed by atoms with E-state index in [-0.39, 0.29) is 12.7 Å². The van der Waals surface area contributed by atoms with Crippen LogP contribution in [-0.4, -0.2) is 12.7 Å². The predicted octanol–water partition coefficient (Wildman–Crippen LogP) is 4.05. The second-order valence-corrected chi connectivity index (χ2v) is 5.69. The van der Waals surface area contributed by atoms with Crippen LogP contribution in [0.25, 0.3) is 6.08 Å². The number of hydrogen-bond donors (Lipinski definition) is 1. The highest BCUT2D eigenvalue weighted by molar-refractivity contribution is 6.37. The highest BCUT2D eigenvalue weighted by atomic mass is 35.5. The van der Waals surface area contributed by atoms with Crippen molar-refractivity contribution in [3.05, 3.63) is 63.6 Å². The molecule has 1 amide bonds. The Morgan fingerprint density at radius 1 is 1.13 bits per heavy atom. The number of halogens is 2. The first kappa shape index (κ1) is 15.7. The zero-order valence-electron chi connectivity index (χ0n) is 12.0. The van der Waals surface area contributed by atoms with Gasteiger partial charge in [-0.3, -0.25) is 4.79 Å². The molecule has 23 heavy (non-hydrogen) atoms. The molecule has 6 heteroatoms. The summed E-state index contributed by atoms with van der Waals surface area (Å²) in [4.78, 5) is 11.9. The van der Waals surface area contributed by atoms with Gasteiger partial charge in [-0.25, -0.2) is 0 Å². The Hall–Kier alpha value is -2.17. The van der Waals surface area contributed by atoms with Gasteiger partial charge in [0, 0.05) is 28.2 Å². The number of nitrogens with one attached hydrogen (secondary N) is 1. The van der Waals surface area contributed by atoms with Crippen molar-refractivity contribution in [2.24, 2.45) is 0 Å². The summed E-state index contributed by atoms with van der Waals surface area (Å²) in [5.74, 6) is 1.17. The minimum atomic E-state index is -0.237. The van der Waals surface area contributed by atoms with Crippen molar-refractivity contribution in [1.29, 1.82) is 0 Å². The second kappa shape index (κ2) is 6.94. The third-order valence-corrected chi connectivity index (χ3v) is 3.96. The SMILES string of the molecule is O=C(C=Cc1c(Cl)cccc1Cl)NCc1ccc2c(c1)OCO2. The molecule has 2 aromatic carbocycles. The number of ether oxygens (including phenoxy) is 2. The Balaban J connectivity index is 1.60. The molecule has 0 atom stereocenters. The van der Waals surface area contributed by atoms with Gasteiger partial charge in [-0.05, 0) is 35.9 Å². The van der Waals surface area contributed by atoms with Crippen LogP contribution in [0.2, 0.25) is 10.0 Å². The Morgan fingerprint density at radius 3 is 2.65 bits per heavy atom. The summed E-state index contributed by atoms with van der Waals surface area (Å²) >= 11 is 12.1. The van der Waals surface area contributed by atoms with E-state index in [1.165, 1.54) is 6.08 Å². The Kier molecular flexibility index (Phi) is 4.74. The number of hydrogen-bond acceptors (Lipinski definition) is 3. The summed E-state index contributed by atoms with van der Waals surface area (Å²) < 4.78 is 10.5.